The van der Waals surface area contributed by atoms with Gasteiger partial charge in [0.2, 0.25) is 0 Å². The van der Waals surface area contributed by atoms with Gasteiger partial charge in [-0.05, 0) is 49.8 Å². The van der Waals surface area contributed by atoms with Crippen molar-refractivity contribution in [1.82, 2.24) is 10.2 Å². The molecule has 0 aliphatic heterocycles. The summed E-state index contributed by atoms with van der Waals surface area (Å²) in [5.74, 6) is -0.178. The van der Waals surface area contributed by atoms with E-state index in [1.807, 2.05) is 11.0 Å². The Hall–Kier alpha value is -2.30. The van der Waals surface area contributed by atoms with Gasteiger partial charge < -0.3 is 15.7 Å². The zero-order valence-corrected chi connectivity index (χ0v) is 15.0. The van der Waals surface area contributed by atoms with Crippen molar-refractivity contribution in [2.45, 2.75) is 37.8 Å². The number of carbonyl (C=O) groups is 2. The molecule has 0 aromatic heterocycles. The minimum atomic E-state index is -0.808. The summed E-state index contributed by atoms with van der Waals surface area (Å²) in [5.41, 5.74) is 0.872. The van der Waals surface area contributed by atoms with Crippen LogP contribution in [0.4, 0.5) is 10.5 Å². The van der Waals surface area contributed by atoms with Crippen molar-refractivity contribution in [3.63, 3.8) is 0 Å². The van der Waals surface area contributed by atoms with E-state index in [-0.39, 0.29) is 24.7 Å². The highest BCUT2D eigenvalue weighted by atomic mass is 35.5. The highest BCUT2D eigenvalue weighted by Gasteiger charge is 2.37. The fourth-order valence-corrected chi connectivity index (χ4v) is 3.41. The van der Waals surface area contributed by atoms with Gasteiger partial charge in [-0.1, -0.05) is 11.6 Å². The van der Waals surface area contributed by atoms with E-state index in [1.54, 1.807) is 12.1 Å². The van der Waals surface area contributed by atoms with Gasteiger partial charge in [-0.3, -0.25) is 9.69 Å². The van der Waals surface area contributed by atoms with Crippen LogP contribution in [0.25, 0.3) is 0 Å². The van der Waals surface area contributed by atoms with Gasteiger partial charge in [-0.15, -0.1) is 0 Å². The third-order valence-electron chi connectivity index (χ3n) is 4.84. The highest BCUT2D eigenvalue weighted by molar-refractivity contribution is 6.32. The first-order chi connectivity index (χ1) is 12.4. The molecule has 1 aromatic rings. The average Bonchev–Trinajstić information content (AvgIpc) is 3.33. The summed E-state index contributed by atoms with van der Waals surface area (Å²) in [5, 5.41) is 23.8. The maximum atomic E-state index is 12.1. The van der Waals surface area contributed by atoms with E-state index >= 15 is 0 Å². The topological polar surface area (TPSA) is 105 Å². The van der Waals surface area contributed by atoms with E-state index < -0.39 is 5.97 Å². The SMILES string of the molecule is N#Cc1ccc(NC(=O)NC2CC(N(CC(=O)O)CC3CC3)C2)cc1Cl. The van der Waals surface area contributed by atoms with E-state index in [9.17, 15) is 9.59 Å². The number of urea groups is 1. The van der Waals surface area contributed by atoms with Crippen LogP contribution in [-0.2, 0) is 4.79 Å². The fraction of sp³-hybridized carbons (Fsp3) is 0.500. The lowest BCUT2D eigenvalue weighted by Crippen LogP contribution is -2.55. The Bertz CT molecular complexity index is 738. The molecule has 0 bridgehead atoms. The number of carboxylic acid groups (broad SMARTS) is 1. The maximum Gasteiger partial charge on any atom is 0.319 e. The van der Waals surface area contributed by atoms with Crippen LogP contribution in [0.2, 0.25) is 5.02 Å². The highest BCUT2D eigenvalue weighted by Crippen LogP contribution is 2.33. The molecule has 26 heavy (non-hydrogen) atoms. The Morgan fingerprint density at radius 2 is 2.08 bits per heavy atom. The summed E-state index contributed by atoms with van der Waals surface area (Å²) < 4.78 is 0. The third-order valence-corrected chi connectivity index (χ3v) is 5.15. The van der Waals surface area contributed by atoms with E-state index in [1.165, 1.54) is 18.9 Å². The molecule has 0 atom stereocenters. The molecule has 7 nitrogen and oxygen atoms in total. The molecule has 138 valence electrons. The standard InChI is InChI=1S/C18H21ClN4O3/c19-16-7-13(4-3-12(16)8-20)21-18(26)22-14-5-15(6-14)23(10-17(24)25)9-11-1-2-11/h3-4,7,11,14-15H,1-2,5-6,9-10H2,(H,24,25)(H2,21,22,26). The lowest BCUT2D eigenvalue weighted by Gasteiger charge is -2.42. The van der Waals surface area contributed by atoms with Gasteiger partial charge in [0.1, 0.15) is 6.07 Å². The molecule has 3 N–H and O–H groups in total. The number of hydrogen-bond donors (Lipinski definition) is 3. The first kappa shape index (κ1) is 18.5. The third kappa shape index (κ3) is 4.87. The molecule has 0 spiro atoms. The summed E-state index contributed by atoms with van der Waals surface area (Å²) in [4.78, 5) is 25.1. The lowest BCUT2D eigenvalue weighted by atomic mass is 9.85. The van der Waals surface area contributed by atoms with E-state index in [4.69, 9.17) is 22.0 Å². The molecule has 2 aliphatic rings. The summed E-state index contributed by atoms with van der Waals surface area (Å²) >= 11 is 5.95. The maximum absolute atomic E-state index is 12.1. The number of anilines is 1. The smallest absolute Gasteiger partial charge is 0.319 e. The van der Waals surface area contributed by atoms with Gasteiger partial charge in [0.25, 0.3) is 0 Å². The Balaban J connectivity index is 1.45. The number of carbonyl (C=O) groups excluding carboxylic acids is 1. The van der Waals surface area contributed by atoms with Crippen LogP contribution >= 0.6 is 11.6 Å². The van der Waals surface area contributed by atoms with Gasteiger partial charge >= 0.3 is 12.0 Å². The van der Waals surface area contributed by atoms with E-state index in [0.717, 1.165) is 19.4 Å². The van der Waals surface area contributed by atoms with Crippen molar-refractivity contribution in [2.24, 2.45) is 5.92 Å². The first-order valence-electron chi connectivity index (χ1n) is 8.67. The second kappa shape index (κ2) is 7.94. The van der Waals surface area contributed by atoms with Crippen molar-refractivity contribution in [3.8, 4) is 6.07 Å². The van der Waals surface area contributed by atoms with Gasteiger partial charge in [-0.2, -0.15) is 5.26 Å². The zero-order chi connectivity index (χ0) is 18.7. The van der Waals surface area contributed by atoms with Crippen molar-refractivity contribution < 1.29 is 14.7 Å². The first-order valence-corrected chi connectivity index (χ1v) is 9.05. The Kier molecular flexibility index (Phi) is 5.64. The van der Waals surface area contributed by atoms with Crippen LogP contribution in [0.15, 0.2) is 18.2 Å². The lowest BCUT2D eigenvalue weighted by molar-refractivity contribution is -0.139. The monoisotopic (exact) mass is 376 g/mol. The predicted molar refractivity (Wildman–Crippen MR) is 97.1 cm³/mol. The zero-order valence-electron chi connectivity index (χ0n) is 14.2. The number of nitrogens with zero attached hydrogens (tertiary/aromatic N) is 2. The van der Waals surface area contributed by atoms with Crippen molar-refractivity contribution >= 4 is 29.3 Å². The van der Waals surface area contributed by atoms with Gasteiger partial charge in [0, 0.05) is 24.3 Å². The minimum absolute atomic E-state index is 0.0318. The molecule has 2 amide bonds. The number of amides is 2. The van der Waals surface area contributed by atoms with E-state index in [2.05, 4.69) is 10.6 Å². The quantitative estimate of drug-likeness (QED) is 0.678. The summed E-state index contributed by atoms with van der Waals surface area (Å²) in [6.07, 6.45) is 3.86. The number of rotatable bonds is 7. The molecule has 3 rings (SSSR count). The number of aliphatic carboxylic acids is 1. The summed E-state index contributed by atoms with van der Waals surface area (Å²) in [7, 11) is 0. The Morgan fingerprint density at radius 3 is 2.65 bits per heavy atom. The average molecular weight is 377 g/mol. The van der Waals surface area contributed by atoms with Gasteiger partial charge in [-0.25, -0.2) is 4.79 Å². The summed E-state index contributed by atoms with van der Waals surface area (Å²) in [6.45, 7) is 0.892. The fourth-order valence-electron chi connectivity index (χ4n) is 3.19. The number of carboxylic acids is 1. The number of nitrogens with one attached hydrogen (secondary N) is 2. The van der Waals surface area contributed by atoms with Crippen molar-refractivity contribution in [1.29, 1.82) is 5.26 Å². The molecular formula is C18H21ClN4O3. The molecule has 0 radical (unpaired) electrons. The van der Waals surface area contributed by atoms with Crippen molar-refractivity contribution in [3.05, 3.63) is 28.8 Å². The molecule has 0 saturated heterocycles. The predicted octanol–water partition coefficient (Wildman–Crippen LogP) is 2.66. The number of hydrogen-bond acceptors (Lipinski definition) is 4. The molecule has 8 heteroatoms. The van der Waals surface area contributed by atoms with E-state index in [0.29, 0.717) is 22.2 Å². The molecule has 2 saturated carbocycles. The molecular weight excluding hydrogens is 356 g/mol. The van der Waals surface area contributed by atoms with Crippen LogP contribution in [-0.4, -0.2) is 47.2 Å². The summed E-state index contributed by atoms with van der Waals surface area (Å²) in [6, 6.07) is 6.59. The Morgan fingerprint density at radius 1 is 1.35 bits per heavy atom. The molecule has 1 aromatic carbocycles. The second-order valence-electron chi connectivity index (χ2n) is 6.99. The molecule has 2 aliphatic carbocycles. The van der Waals surface area contributed by atoms with Crippen LogP contribution < -0.4 is 10.6 Å². The second-order valence-corrected chi connectivity index (χ2v) is 7.40. The largest absolute Gasteiger partial charge is 0.480 e. The van der Waals surface area contributed by atoms with Crippen LogP contribution in [0.3, 0.4) is 0 Å². The van der Waals surface area contributed by atoms with Crippen LogP contribution in [0.1, 0.15) is 31.2 Å². The molecule has 2 fully saturated rings. The van der Waals surface area contributed by atoms with Gasteiger partial charge in [0.15, 0.2) is 0 Å². The molecule has 0 unspecified atom stereocenters. The number of nitriles is 1. The number of halogens is 1. The normalized spacial score (nSPS) is 21.6. The Labute approximate surface area is 156 Å². The minimum Gasteiger partial charge on any atom is -0.480 e. The van der Waals surface area contributed by atoms with Gasteiger partial charge in [0.05, 0.1) is 17.1 Å². The molecule has 0 heterocycles. The van der Waals surface area contributed by atoms with Crippen LogP contribution in [0.5, 0.6) is 0 Å². The van der Waals surface area contributed by atoms with Crippen molar-refractivity contribution in [2.75, 3.05) is 18.4 Å². The van der Waals surface area contributed by atoms with Crippen LogP contribution in [0, 0.1) is 17.2 Å². The number of benzene rings is 1.